The van der Waals surface area contributed by atoms with Gasteiger partial charge in [0.25, 0.3) is 0 Å². The highest BCUT2D eigenvalue weighted by Gasteiger charge is 2.24. The molecule has 0 saturated carbocycles. The zero-order chi connectivity index (χ0) is 17.4. The van der Waals surface area contributed by atoms with E-state index in [4.69, 9.17) is 11.6 Å². The second kappa shape index (κ2) is 7.77. The molecule has 1 aliphatic rings. The van der Waals surface area contributed by atoms with Gasteiger partial charge in [-0.2, -0.15) is 0 Å². The molecule has 26 heavy (non-hydrogen) atoms. The molecule has 1 atom stereocenters. The lowest BCUT2D eigenvalue weighted by Crippen LogP contribution is -2.21. The largest absolute Gasteiger partial charge is 0.354 e. The molecule has 0 bridgehead atoms. The second-order valence-corrected chi connectivity index (χ2v) is 7.01. The number of halogens is 3. The lowest BCUT2D eigenvalue weighted by molar-refractivity contribution is 0.568. The number of aromatic nitrogens is 2. The second-order valence-electron chi connectivity index (χ2n) is 6.58. The Bertz CT molecular complexity index is 915. The molecule has 6 heteroatoms. The quantitative estimate of drug-likeness (QED) is 0.569. The fraction of sp³-hybridized carbons (Fsp3) is 0.300. The van der Waals surface area contributed by atoms with Gasteiger partial charge in [0.1, 0.15) is 11.5 Å². The minimum absolute atomic E-state index is 0. The molecule has 1 saturated heterocycles. The Morgan fingerprint density at radius 1 is 1.12 bits per heavy atom. The molecule has 136 valence electrons. The van der Waals surface area contributed by atoms with E-state index in [-0.39, 0.29) is 18.2 Å². The molecule has 3 nitrogen and oxygen atoms in total. The molecule has 4 rings (SSSR count). The number of benzene rings is 2. The van der Waals surface area contributed by atoms with Crippen LogP contribution in [0.3, 0.4) is 0 Å². The maximum Gasteiger partial charge on any atom is 0.159 e. The van der Waals surface area contributed by atoms with Gasteiger partial charge < -0.3 is 4.90 Å². The summed E-state index contributed by atoms with van der Waals surface area (Å²) in [4.78, 5) is 2.27. The van der Waals surface area contributed by atoms with E-state index in [1.54, 1.807) is 6.07 Å². The van der Waals surface area contributed by atoms with Gasteiger partial charge in [-0.05, 0) is 42.7 Å². The van der Waals surface area contributed by atoms with Crippen molar-refractivity contribution in [1.82, 2.24) is 10.2 Å². The molecule has 1 aliphatic heterocycles. The number of hydrogen-bond donors (Lipinski definition) is 0. The van der Waals surface area contributed by atoms with Crippen LogP contribution in [0.2, 0.25) is 5.02 Å². The molecule has 0 N–H and O–H groups in total. The summed E-state index contributed by atoms with van der Waals surface area (Å²) in [5.74, 6) is 1.27. The van der Waals surface area contributed by atoms with Crippen molar-refractivity contribution in [1.29, 1.82) is 0 Å². The Kier molecular flexibility index (Phi) is 5.64. The molecule has 3 aromatic rings. The maximum atomic E-state index is 13.9. The molecule has 0 amide bonds. The first-order valence-corrected chi connectivity index (χ1v) is 9.00. The van der Waals surface area contributed by atoms with E-state index >= 15 is 0 Å². The Balaban J connectivity index is 0.00000196. The Morgan fingerprint density at radius 2 is 1.88 bits per heavy atom. The number of anilines is 1. The summed E-state index contributed by atoms with van der Waals surface area (Å²) >= 11 is 5.98. The highest BCUT2D eigenvalue weighted by molar-refractivity contribution is 6.30. The lowest BCUT2D eigenvalue weighted by Gasteiger charge is -2.19. The van der Waals surface area contributed by atoms with Gasteiger partial charge in [0.2, 0.25) is 0 Å². The van der Waals surface area contributed by atoms with Crippen LogP contribution in [0.25, 0.3) is 22.0 Å². The van der Waals surface area contributed by atoms with E-state index in [1.165, 1.54) is 18.9 Å². The maximum absolute atomic E-state index is 13.9. The summed E-state index contributed by atoms with van der Waals surface area (Å²) in [6.45, 7) is 4.18. The third-order valence-corrected chi connectivity index (χ3v) is 5.25. The van der Waals surface area contributed by atoms with Crippen LogP contribution < -0.4 is 4.90 Å². The number of rotatable bonds is 3. The van der Waals surface area contributed by atoms with Crippen molar-refractivity contribution in [2.75, 3.05) is 18.0 Å². The minimum Gasteiger partial charge on any atom is -0.354 e. The number of nitrogens with zero attached hydrogens (tertiary/aromatic N) is 3. The van der Waals surface area contributed by atoms with E-state index in [0.29, 0.717) is 16.6 Å². The molecule has 0 spiro atoms. The van der Waals surface area contributed by atoms with Crippen molar-refractivity contribution in [3.05, 3.63) is 53.3 Å². The van der Waals surface area contributed by atoms with Gasteiger partial charge in [0.15, 0.2) is 5.82 Å². The number of fused-ring (bicyclic) bond motifs is 1. The topological polar surface area (TPSA) is 29.0 Å². The number of hydrogen-bond acceptors (Lipinski definition) is 3. The molecule has 0 aliphatic carbocycles. The third kappa shape index (κ3) is 3.49. The van der Waals surface area contributed by atoms with Crippen molar-refractivity contribution >= 4 is 40.6 Å². The van der Waals surface area contributed by atoms with E-state index in [2.05, 4.69) is 22.0 Å². The van der Waals surface area contributed by atoms with Crippen LogP contribution in [0.5, 0.6) is 0 Å². The van der Waals surface area contributed by atoms with E-state index in [1.807, 2.05) is 30.3 Å². The van der Waals surface area contributed by atoms with Crippen LogP contribution in [0, 0.1) is 11.7 Å². The first-order valence-electron chi connectivity index (χ1n) is 8.62. The molecular formula is C20H20Cl2FN3. The van der Waals surface area contributed by atoms with Crippen LogP contribution in [-0.4, -0.2) is 23.3 Å². The Hall–Kier alpha value is -1.91. The molecule has 0 radical (unpaired) electrons. The van der Waals surface area contributed by atoms with Crippen molar-refractivity contribution in [3.63, 3.8) is 0 Å². The molecule has 2 heterocycles. The standard InChI is InChI=1S/C20H19ClFN3.ClH/c1-2-13-9-10-25(12-13)20-17-8-7-16(22)11-18(17)19(23-24-20)14-3-5-15(21)6-4-14;/h3-8,11,13H,2,9-10,12H2,1H3;1H. The van der Waals surface area contributed by atoms with E-state index in [9.17, 15) is 4.39 Å². The minimum atomic E-state index is -0.269. The summed E-state index contributed by atoms with van der Waals surface area (Å²) in [6.07, 6.45) is 2.33. The van der Waals surface area contributed by atoms with Crippen LogP contribution in [0.15, 0.2) is 42.5 Å². The van der Waals surface area contributed by atoms with Crippen molar-refractivity contribution in [3.8, 4) is 11.3 Å². The third-order valence-electron chi connectivity index (χ3n) is 5.00. The highest BCUT2D eigenvalue weighted by atomic mass is 35.5. The van der Waals surface area contributed by atoms with Crippen LogP contribution in [0.4, 0.5) is 10.2 Å². The summed E-state index contributed by atoms with van der Waals surface area (Å²) in [6, 6.07) is 12.2. The first kappa shape index (κ1) is 18.9. The smallest absolute Gasteiger partial charge is 0.159 e. The monoisotopic (exact) mass is 391 g/mol. The SMILES string of the molecule is CCC1CCN(c2nnc(-c3ccc(Cl)cc3)c3cc(F)ccc23)C1.Cl. The summed E-state index contributed by atoms with van der Waals surface area (Å²) in [5, 5.41) is 11.3. The van der Waals surface area contributed by atoms with Crippen molar-refractivity contribution in [2.45, 2.75) is 19.8 Å². The Labute approximate surface area is 163 Å². The highest BCUT2D eigenvalue weighted by Crippen LogP contribution is 2.34. The predicted octanol–water partition coefficient (Wildman–Crippen LogP) is 5.75. The van der Waals surface area contributed by atoms with Crippen LogP contribution in [-0.2, 0) is 0 Å². The average Bonchev–Trinajstić information content (AvgIpc) is 3.10. The average molecular weight is 392 g/mol. The van der Waals surface area contributed by atoms with Crippen LogP contribution in [0.1, 0.15) is 19.8 Å². The normalized spacial score (nSPS) is 16.7. The van der Waals surface area contributed by atoms with Gasteiger partial charge in [-0.15, -0.1) is 22.6 Å². The van der Waals surface area contributed by atoms with Crippen molar-refractivity contribution < 1.29 is 4.39 Å². The van der Waals surface area contributed by atoms with Crippen LogP contribution >= 0.6 is 24.0 Å². The molecule has 1 aromatic heterocycles. The van der Waals surface area contributed by atoms with Gasteiger partial charge in [0, 0.05) is 34.4 Å². The Morgan fingerprint density at radius 3 is 2.58 bits per heavy atom. The fourth-order valence-electron chi connectivity index (χ4n) is 3.53. The van der Waals surface area contributed by atoms with E-state index < -0.39 is 0 Å². The van der Waals surface area contributed by atoms with Gasteiger partial charge in [0.05, 0.1) is 0 Å². The first-order chi connectivity index (χ1) is 12.2. The lowest BCUT2D eigenvalue weighted by atomic mass is 10.0. The fourth-order valence-corrected chi connectivity index (χ4v) is 3.65. The predicted molar refractivity (Wildman–Crippen MR) is 108 cm³/mol. The zero-order valence-electron chi connectivity index (χ0n) is 14.5. The van der Waals surface area contributed by atoms with Gasteiger partial charge in [-0.25, -0.2) is 4.39 Å². The van der Waals surface area contributed by atoms with Gasteiger partial charge in [-0.1, -0.05) is 37.1 Å². The summed E-state index contributed by atoms with van der Waals surface area (Å²) in [5.41, 5.74) is 1.56. The van der Waals surface area contributed by atoms with E-state index in [0.717, 1.165) is 35.2 Å². The molecule has 1 unspecified atom stereocenters. The zero-order valence-corrected chi connectivity index (χ0v) is 16.0. The van der Waals surface area contributed by atoms with Crippen molar-refractivity contribution in [2.24, 2.45) is 5.92 Å². The van der Waals surface area contributed by atoms with Gasteiger partial charge >= 0.3 is 0 Å². The summed E-state index contributed by atoms with van der Waals surface area (Å²) in [7, 11) is 0. The van der Waals surface area contributed by atoms with Gasteiger partial charge in [-0.3, -0.25) is 0 Å². The molecule has 1 fully saturated rings. The molecular weight excluding hydrogens is 372 g/mol. The summed E-state index contributed by atoms with van der Waals surface area (Å²) < 4.78 is 13.9. The molecule has 2 aromatic carbocycles.